The van der Waals surface area contributed by atoms with Crippen molar-refractivity contribution in [3.63, 3.8) is 0 Å². The molecular weight excluding hydrogens is 428 g/mol. The van der Waals surface area contributed by atoms with Crippen LogP contribution in [0.2, 0.25) is 5.02 Å². The Morgan fingerprint density at radius 2 is 2.03 bits per heavy atom. The van der Waals surface area contributed by atoms with Gasteiger partial charge in [0.1, 0.15) is 5.69 Å². The number of hydrogen-bond acceptors (Lipinski definition) is 6. The van der Waals surface area contributed by atoms with Gasteiger partial charge in [0.25, 0.3) is 11.8 Å². The number of carbonyl (C=O) groups excluding carboxylic acids is 1. The lowest BCUT2D eigenvalue weighted by Crippen LogP contribution is -2.45. The van der Waals surface area contributed by atoms with Gasteiger partial charge in [-0.1, -0.05) is 22.8 Å². The second-order valence-electron chi connectivity index (χ2n) is 7.91. The van der Waals surface area contributed by atoms with E-state index >= 15 is 0 Å². The lowest BCUT2D eigenvalue weighted by molar-refractivity contribution is 0.0604. The molecule has 5 rings (SSSR count). The Balaban J connectivity index is 1.36. The number of aromatic amines is 1. The number of hydrogen-bond donors (Lipinski definition) is 1. The molecule has 0 saturated carbocycles. The number of carbonyl (C=O) groups is 1. The van der Waals surface area contributed by atoms with Gasteiger partial charge in [-0.3, -0.25) is 14.8 Å². The van der Waals surface area contributed by atoms with Gasteiger partial charge < -0.3 is 14.4 Å². The number of nitrogens with one attached hydrogen (secondary N) is 1. The highest BCUT2D eigenvalue weighted by atomic mass is 35.5. The molecule has 4 aromatic heterocycles. The summed E-state index contributed by atoms with van der Waals surface area (Å²) in [7, 11) is 0. The van der Waals surface area contributed by atoms with Gasteiger partial charge in [0, 0.05) is 42.7 Å². The van der Waals surface area contributed by atoms with Gasteiger partial charge in [-0.15, -0.1) is 0 Å². The smallest absolute Gasteiger partial charge is 0.274 e. The molecule has 0 aromatic carbocycles. The number of rotatable bonds is 4. The summed E-state index contributed by atoms with van der Waals surface area (Å²) in [5.74, 6) is 0.939. The van der Waals surface area contributed by atoms with Crippen LogP contribution >= 0.6 is 11.6 Å². The lowest BCUT2D eigenvalue weighted by Gasteiger charge is -2.37. The standard InChI is InChI=1S/C23H21ClN6O2/c1-14-5-6-16(21-28-22(32-29-21)20-11-17(24)12-27-20)13-30(14)23(31)15-7-9-26-19(10-15)18-4-2-3-8-25-18/h2-4,7-12,14,16,27H,5-6,13H2,1H3/t14-,16+/m1/s1. The summed E-state index contributed by atoms with van der Waals surface area (Å²) in [6, 6.07) is 11.0. The van der Waals surface area contributed by atoms with E-state index in [4.69, 9.17) is 16.1 Å². The van der Waals surface area contributed by atoms with Crippen molar-refractivity contribution in [3.05, 3.63) is 71.4 Å². The number of piperidine rings is 1. The zero-order chi connectivity index (χ0) is 22.1. The first kappa shape index (κ1) is 20.4. The molecule has 4 aromatic rings. The van der Waals surface area contributed by atoms with Gasteiger partial charge in [-0.2, -0.15) is 4.98 Å². The van der Waals surface area contributed by atoms with Crippen LogP contribution in [0.5, 0.6) is 0 Å². The third kappa shape index (κ3) is 4.01. The quantitative estimate of drug-likeness (QED) is 0.490. The Hall–Kier alpha value is -3.52. The maximum Gasteiger partial charge on any atom is 0.274 e. The Morgan fingerprint density at radius 1 is 1.16 bits per heavy atom. The van der Waals surface area contributed by atoms with Crippen LogP contribution in [0.25, 0.3) is 23.0 Å². The van der Waals surface area contributed by atoms with E-state index in [1.807, 2.05) is 23.1 Å². The lowest BCUT2D eigenvalue weighted by atomic mass is 9.92. The molecule has 9 heteroatoms. The minimum atomic E-state index is -0.0401. The van der Waals surface area contributed by atoms with Crippen LogP contribution in [0, 0.1) is 0 Å². The molecule has 1 aliphatic heterocycles. The first-order valence-electron chi connectivity index (χ1n) is 10.4. The van der Waals surface area contributed by atoms with Crippen molar-refractivity contribution in [1.29, 1.82) is 0 Å². The van der Waals surface area contributed by atoms with Crippen LogP contribution in [0.15, 0.2) is 59.5 Å². The predicted molar refractivity (Wildman–Crippen MR) is 119 cm³/mol. The Morgan fingerprint density at radius 3 is 2.81 bits per heavy atom. The number of likely N-dealkylation sites (tertiary alicyclic amines) is 1. The van der Waals surface area contributed by atoms with Crippen molar-refractivity contribution in [2.24, 2.45) is 0 Å². The fourth-order valence-corrected chi connectivity index (χ4v) is 4.15. The number of halogens is 1. The molecule has 0 aliphatic carbocycles. The van der Waals surface area contributed by atoms with Crippen LogP contribution in [-0.2, 0) is 0 Å². The van der Waals surface area contributed by atoms with Gasteiger partial charge >= 0.3 is 0 Å². The van der Waals surface area contributed by atoms with Crippen LogP contribution in [-0.4, -0.2) is 48.5 Å². The van der Waals surface area contributed by atoms with E-state index in [0.29, 0.717) is 40.2 Å². The Kier molecular flexibility index (Phi) is 5.45. The first-order valence-corrected chi connectivity index (χ1v) is 10.8. The number of H-pyrrole nitrogens is 1. The zero-order valence-electron chi connectivity index (χ0n) is 17.4. The molecule has 1 saturated heterocycles. The van der Waals surface area contributed by atoms with Crippen LogP contribution < -0.4 is 0 Å². The average molecular weight is 449 g/mol. The molecule has 1 aliphatic rings. The molecule has 0 radical (unpaired) electrons. The minimum absolute atomic E-state index is 0.00446. The maximum atomic E-state index is 13.4. The van der Waals surface area contributed by atoms with Gasteiger partial charge in [0.2, 0.25) is 0 Å². The number of amides is 1. The molecule has 1 fully saturated rings. The van der Waals surface area contributed by atoms with Crippen molar-refractivity contribution in [2.45, 2.75) is 31.7 Å². The minimum Gasteiger partial charge on any atom is -0.356 e. The van der Waals surface area contributed by atoms with Gasteiger partial charge in [-0.05, 0) is 50.1 Å². The largest absolute Gasteiger partial charge is 0.356 e. The molecule has 0 unspecified atom stereocenters. The molecule has 1 N–H and O–H groups in total. The molecule has 162 valence electrons. The highest BCUT2D eigenvalue weighted by molar-refractivity contribution is 6.30. The maximum absolute atomic E-state index is 13.4. The molecule has 32 heavy (non-hydrogen) atoms. The van der Waals surface area contributed by atoms with Crippen molar-refractivity contribution in [1.82, 2.24) is 30.0 Å². The summed E-state index contributed by atoms with van der Waals surface area (Å²) in [6.07, 6.45) is 6.76. The molecule has 0 bridgehead atoms. The van der Waals surface area contributed by atoms with E-state index in [0.717, 1.165) is 18.5 Å². The van der Waals surface area contributed by atoms with E-state index in [9.17, 15) is 4.79 Å². The van der Waals surface area contributed by atoms with Gasteiger partial charge in [-0.25, -0.2) is 0 Å². The van der Waals surface area contributed by atoms with Crippen molar-refractivity contribution in [3.8, 4) is 23.0 Å². The SMILES string of the molecule is C[C@@H]1CC[C@H](c2noc(-c3cc(Cl)c[nH]3)n2)CN1C(=O)c1ccnc(-c2ccccn2)c1. The summed E-state index contributed by atoms with van der Waals surface area (Å²) in [6.45, 7) is 2.59. The topological polar surface area (TPSA) is 101 Å². The van der Waals surface area contributed by atoms with Crippen LogP contribution in [0.1, 0.15) is 41.9 Å². The van der Waals surface area contributed by atoms with Crippen LogP contribution in [0.3, 0.4) is 0 Å². The average Bonchev–Trinajstić information content (AvgIpc) is 3.49. The second-order valence-corrected chi connectivity index (χ2v) is 8.35. The molecule has 5 heterocycles. The molecule has 1 amide bonds. The van der Waals surface area contributed by atoms with Crippen LogP contribution in [0.4, 0.5) is 0 Å². The fourth-order valence-electron chi connectivity index (χ4n) is 3.99. The second kappa shape index (κ2) is 8.55. The van der Waals surface area contributed by atoms with E-state index in [2.05, 4.69) is 32.0 Å². The van der Waals surface area contributed by atoms with E-state index in [1.54, 1.807) is 36.8 Å². The summed E-state index contributed by atoms with van der Waals surface area (Å²) in [5, 5.41) is 4.74. The van der Waals surface area contributed by atoms with Crippen molar-refractivity contribution in [2.75, 3.05) is 6.54 Å². The molecular formula is C23H21ClN6O2. The number of aromatic nitrogens is 5. The third-order valence-corrected chi connectivity index (χ3v) is 5.98. The number of nitrogens with zero attached hydrogens (tertiary/aromatic N) is 5. The monoisotopic (exact) mass is 448 g/mol. The van der Waals surface area contributed by atoms with E-state index in [1.165, 1.54) is 0 Å². The van der Waals surface area contributed by atoms with E-state index in [-0.39, 0.29) is 17.9 Å². The molecule has 8 nitrogen and oxygen atoms in total. The normalized spacial score (nSPS) is 18.6. The first-order chi connectivity index (χ1) is 15.6. The molecule has 2 atom stereocenters. The molecule has 0 spiro atoms. The zero-order valence-corrected chi connectivity index (χ0v) is 18.2. The predicted octanol–water partition coefficient (Wildman–Crippen LogP) is 4.58. The summed E-state index contributed by atoms with van der Waals surface area (Å²) >= 11 is 5.97. The highest BCUT2D eigenvalue weighted by Crippen LogP contribution is 2.31. The fraction of sp³-hybridized carbons (Fsp3) is 0.261. The van der Waals surface area contributed by atoms with Crippen molar-refractivity contribution < 1.29 is 9.32 Å². The van der Waals surface area contributed by atoms with E-state index < -0.39 is 0 Å². The number of pyridine rings is 2. The summed E-state index contributed by atoms with van der Waals surface area (Å²) in [4.78, 5) is 31.5. The summed E-state index contributed by atoms with van der Waals surface area (Å²) in [5.41, 5.74) is 2.66. The highest BCUT2D eigenvalue weighted by Gasteiger charge is 2.33. The van der Waals surface area contributed by atoms with Crippen molar-refractivity contribution >= 4 is 17.5 Å². The Labute approximate surface area is 189 Å². The van der Waals surface area contributed by atoms with Gasteiger partial charge in [0.15, 0.2) is 5.82 Å². The van der Waals surface area contributed by atoms with Gasteiger partial charge in [0.05, 0.1) is 16.4 Å². The third-order valence-electron chi connectivity index (χ3n) is 5.76. The Bertz CT molecular complexity index is 1240. The summed E-state index contributed by atoms with van der Waals surface area (Å²) < 4.78 is 5.42.